The molecule has 0 amide bonds. The van der Waals surface area contributed by atoms with Crippen LogP contribution in [-0.4, -0.2) is 32.2 Å². The molecule has 1 aromatic carbocycles. The molecular formula is C12H18BrNOS. The molecule has 0 saturated heterocycles. The molecule has 0 aliphatic carbocycles. The first kappa shape index (κ1) is 13.9. The average molecular weight is 304 g/mol. The highest BCUT2D eigenvalue weighted by Crippen LogP contribution is 2.24. The molecule has 4 heteroatoms. The van der Waals surface area contributed by atoms with Crippen LogP contribution in [0.3, 0.4) is 0 Å². The fourth-order valence-electron chi connectivity index (χ4n) is 1.62. The normalized spacial score (nSPS) is 12.5. The Bertz CT molecular complexity index is 333. The minimum Gasteiger partial charge on any atom is -0.496 e. The van der Waals surface area contributed by atoms with Crippen LogP contribution in [0.1, 0.15) is 5.56 Å². The lowest BCUT2D eigenvalue weighted by atomic mass is 10.1. The van der Waals surface area contributed by atoms with Crippen molar-refractivity contribution >= 4 is 27.7 Å². The van der Waals surface area contributed by atoms with Crippen molar-refractivity contribution in [3.8, 4) is 5.75 Å². The molecule has 2 nitrogen and oxygen atoms in total. The summed E-state index contributed by atoms with van der Waals surface area (Å²) < 4.78 is 6.47. The van der Waals surface area contributed by atoms with E-state index in [0.29, 0.717) is 6.04 Å². The first-order chi connectivity index (χ1) is 7.71. The second-order valence-corrected chi connectivity index (χ2v) is 5.43. The van der Waals surface area contributed by atoms with Gasteiger partial charge in [0.15, 0.2) is 0 Å². The van der Waals surface area contributed by atoms with Crippen LogP contribution in [0.4, 0.5) is 0 Å². The van der Waals surface area contributed by atoms with E-state index in [2.05, 4.69) is 33.6 Å². The molecule has 0 spiro atoms. The van der Waals surface area contributed by atoms with Crippen LogP contribution < -0.4 is 10.1 Å². The number of hydrogen-bond donors (Lipinski definition) is 1. The van der Waals surface area contributed by atoms with Crippen molar-refractivity contribution in [2.24, 2.45) is 0 Å². The van der Waals surface area contributed by atoms with Gasteiger partial charge in [0, 0.05) is 16.3 Å². The zero-order chi connectivity index (χ0) is 12.0. The van der Waals surface area contributed by atoms with Crippen molar-refractivity contribution in [2.45, 2.75) is 12.5 Å². The summed E-state index contributed by atoms with van der Waals surface area (Å²) in [4.78, 5) is 0. The van der Waals surface area contributed by atoms with Crippen molar-refractivity contribution in [3.63, 3.8) is 0 Å². The highest BCUT2D eigenvalue weighted by molar-refractivity contribution is 9.10. The first-order valence-electron chi connectivity index (χ1n) is 5.20. The Morgan fingerprint density at radius 1 is 1.50 bits per heavy atom. The number of ether oxygens (including phenoxy) is 1. The predicted octanol–water partition coefficient (Wildman–Crippen LogP) is 2.95. The van der Waals surface area contributed by atoms with Crippen molar-refractivity contribution in [2.75, 3.05) is 26.2 Å². The van der Waals surface area contributed by atoms with Crippen molar-refractivity contribution in [1.29, 1.82) is 0 Å². The van der Waals surface area contributed by atoms with E-state index in [1.54, 1.807) is 7.11 Å². The van der Waals surface area contributed by atoms with E-state index in [0.717, 1.165) is 22.4 Å². The molecule has 1 atom stereocenters. The average Bonchev–Trinajstić information content (AvgIpc) is 2.29. The van der Waals surface area contributed by atoms with Crippen LogP contribution >= 0.6 is 27.7 Å². The summed E-state index contributed by atoms with van der Waals surface area (Å²) in [6.07, 6.45) is 3.11. The minimum absolute atomic E-state index is 0.484. The number of likely N-dealkylation sites (N-methyl/N-ethyl adjacent to an activating group) is 1. The van der Waals surface area contributed by atoms with Crippen LogP contribution in [0, 0.1) is 0 Å². The van der Waals surface area contributed by atoms with Crippen LogP contribution in [-0.2, 0) is 6.42 Å². The Labute approximate surface area is 110 Å². The smallest absolute Gasteiger partial charge is 0.122 e. The highest BCUT2D eigenvalue weighted by Gasteiger charge is 2.10. The molecule has 0 fully saturated rings. The fourth-order valence-corrected chi connectivity index (χ4v) is 2.71. The number of rotatable bonds is 6. The topological polar surface area (TPSA) is 21.3 Å². The molecule has 0 aromatic heterocycles. The lowest BCUT2D eigenvalue weighted by molar-refractivity contribution is 0.407. The third-order valence-corrected chi connectivity index (χ3v) is 3.71. The lowest BCUT2D eigenvalue weighted by Crippen LogP contribution is -2.30. The summed E-state index contributed by atoms with van der Waals surface area (Å²) in [5.41, 5.74) is 1.24. The van der Waals surface area contributed by atoms with Gasteiger partial charge in [-0.05, 0) is 43.5 Å². The molecule has 0 radical (unpaired) electrons. The van der Waals surface area contributed by atoms with Gasteiger partial charge in [-0.2, -0.15) is 11.8 Å². The Morgan fingerprint density at radius 2 is 2.25 bits per heavy atom. The van der Waals surface area contributed by atoms with Gasteiger partial charge in [0.2, 0.25) is 0 Å². The molecule has 0 saturated carbocycles. The molecule has 0 aliphatic heterocycles. The maximum Gasteiger partial charge on any atom is 0.122 e. The number of methoxy groups -OCH3 is 1. The third kappa shape index (κ3) is 4.00. The van der Waals surface area contributed by atoms with Crippen LogP contribution in [0.2, 0.25) is 0 Å². The van der Waals surface area contributed by atoms with E-state index in [4.69, 9.17) is 4.74 Å². The molecule has 0 heterocycles. The van der Waals surface area contributed by atoms with Crippen LogP contribution in [0.25, 0.3) is 0 Å². The largest absolute Gasteiger partial charge is 0.496 e. The summed E-state index contributed by atoms with van der Waals surface area (Å²) >= 11 is 5.35. The van der Waals surface area contributed by atoms with Gasteiger partial charge in [0.1, 0.15) is 5.75 Å². The quantitative estimate of drug-likeness (QED) is 0.873. The molecule has 1 unspecified atom stereocenters. The van der Waals surface area contributed by atoms with Crippen LogP contribution in [0.5, 0.6) is 5.75 Å². The second kappa shape index (κ2) is 7.20. The van der Waals surface area contributed by atoms with Gasteiger partial charge in [-0.1, -0.05) is 15.9 Å². The standard InChI is InChI=1S/C12H18BrNOS/c1-14-11(8-16-3)7-9-6-10(13)4-5-12(9)15-2/h4-6,11,14H,7-8H2,1-3H3. The Morgan fingerprint density at radius 3 is 2.81 bits per heavy atom. The summed E-state index contributed by atoms with van der Waals surface area (Å²) in [7, 11) is 3.72. The van der Waals surface area contributed by atoms with Gasteiger partial charge in [-0.3, -0.25) is 0 Å². The summed E-state index contributed by atoms with van der Waals surface area (Å²) in [6, 6.07) is 6.62. The number of hydrogen-bond acceptors (Lipinski definition) is 3. The molecule has 1 N–H and O–H groups in total. The summed E-state index contributed by atoms with van der Waals surface area (Å²) in [6.45, 7) is 0. The van der Waals surface area contributed by atoms with Gasteiger partial charge in [0.25, 0.3) is 0 Å². The summed E-state index contributed by atoms with van der Waals surface area (Å²) in [5, 5.41) is 3.33. The van der Waals surface area contributed by atoms with E-state index in [1.165, 1.54) is 5.56 Å². The highest BCUT2D eigenvalue weighted by atomic mass is 79.9. The molecule has 1 rings (SSSR count). The number of benzene rings is 1. The lowest BCUT2D eigenvalue weighted by Gasteiger charge is -2.17. The SMILES string of the molecule is CNC(CSC)Cc1cc(Br)ccc1OC. The molecule has 1 aromatic rings. The summed E-state index contributed by atoms with van der Waals surface area (Å²) in [5.74, 6) is 2.07. The first-order valence-corrected chi connectivity index (χ1v) is 7.38. The van der Waals surface area contributed by atoms with Crippen molar-refractivity contribution < 1.29 is 4.74 Å². The maximum absolute atomic E-state index is 5.37. The van der Waals surface area contributed by atoms with Gasteiger partial charge in [-0.25, -0.2) is 0 Å². The maximum atomic E-state index is 5.37. The zero-order valence-electron chi connectivity index (χ0n) is 9.92. The van der Waals surface area contributed by atoms with Gasteiger partial charge >= 0.3 is 0 Å². The fraction of sp³-hybridized carbons (Fsp3) is 0.500. The Hall–Kier alpha value is -0.190. The molecule has 16 heavy (non-hydrogen) atoms. The van der Waals surface area contributed by atoms with E-state index < -0.39 is 0 Å². The third-order valence-electron chi connectivity index (χ3n) is 2.48. The number of thioether (sulfide) groups is 1. The number of halogens is 1. The van der Waals surface area contributed by atoms with Gasteiger partial charge in [0.05, 0.1) is 7.11 Å². The second-order valence-electron chi connectivity index (χ2n) is 3.60. The molecule has 0 aliphatic rings. The molecular weight excluding hydrogens is 286 g/mol. The molecule has 90 valence electrons. The van der Waals surface area contributed by atoms with E-state index in [-0.39, 0.29) is 0 Å². The Kier molecular flexibility index (Phi) is 6.24. The zero-order valence-corrected chi connectivity index (χ0v) is 12.3. The van der Waals surface area contributed by atoms with Gasteiger partial charge in [-0.15, -0.1) is 0 Å². The van der Waals surface area contributed by atoms with Crippen LogP contribution in [0.15, 0.2) is 22.7 Å². The van der Waals surface area contributed by atoms with E-state index in [9.17, 15) is 0 Å². The van der Waals surface area contributed by atoms with E-state index in [1.807, 2.05) is 30.9 Å². The molecule has 0 bridgehead atoms. The van der Waals surface area contributed by atoms with Gasteiger partial charge < -0.3 is 10.1 Å². The number of nitrogens with one attached hydrogen (secondary N) is 1. The Balaban J connectivity index is 2.80. The van der Waals surface area contributed by atoms with E-state index >= 15 is 0 Å². The van der Waals surface area contributed by atoms with Crippen molar-refractivity contribution in [1.82, 2.24) is 5.32 Å². The monoisotopic (exact) mass is 303 g/mol. The van der Waals surface area contributed by atoms with Crippen molar-refractivity contribution in [3.05, 3.63) is 28.2 Å². The minimum atomic E-state index is 0.484. The predicted molar refractivity (Wildman–Crippen MR) is 75.6 cm³/mol.